The lowest BCUT2D eigenvalue weighted by Gasteiger charge is -2.16. The molecule has 2 aromatic rings. The first-order chi connectivity index (χ1) is 13.0. The van der Waals surface area contributed by atoms with Crippen molar-refractivity contribution in [2.45, 2.75) is 6.42 Å². The fraction of sp³-hybridized carbons (Fsp3) is 0.0952. The van der Waals surface area contributed by atoms with Gasteiger partial charge in [0.25, 0.3) is 0 Å². The molecule has 0 radical (unpaired) electrons. The number of aliphatic carboxylic acids is 1. The van der Waals surface area contributed by atoms with Crippen LogP contribution in [0.25, 0.3) is 5.57 Å². The maximum atomic E-state index is 13.2. The number of aliphatic imine (C=N–C) groups is 2. The van der Waals surface area contributed by atoms with E-state index in [1.54, 1.807) is 24.3 Å². The van der Waals surface area contributed by atoms with Crippen molar-refractivity contribution >= 4 is 23.0 Å². The van der Waals surface area contributed by atoms with Crippen molar-refractivity contribution in [3.05, 3.63) is 89.1 Å². The monoisotopic (exact) mass is 366 g/mol. The molecular weight excluding hydrogens is 350 g/mol. The van der Waals surface area contributed by atoms with Crippen LogP contribution < -0.4 is 0 Å². The molecule has 0 atom stereocenters. The van der Waals surface area contributed by atoms with E-state index in [2.05, 4.69) is 9.98 Å². The van der Waals surface area contributed by atoms with Gasteiger partial charge >= 0.3 is 5.97 Å². The molecule has 3 rings (SSSR count). The van der Waals surface area contributed by atoms with Crippen molar-refractivity contribution in [3.8, 4) is 0 Å². The standard InChI is InChI=1S/C21H16F2N2O2/c1-24-20(21(26)27)12-18-10-15(13-2-6-16(22)7-3-13)11-19(25-18)14-4-8-17(23)9-5-14/h2-9,11-12H,10H2,1H3,(H,26,27)/b18-12+,24-20?. The molecule has 1 heterocycles. The van der Waals surface area contributed by atoms with E-state index in [-0.39, 0.29) is 17.3 Å². The number of allylic oxidation sites excluding steroid dienone is 2. The highest BCUT2D eigenvalue weighted by Gasteiger charge is 2.16. The van der Waals surface area contributed by atoms with E-state index in [1.165, 1.54) is 37.4 Å². The van der Waals surface area contributed by atoms with E-state index in [0.717, 1.165) is 11.1 Å². The second-order valence-corrected chi connectivity index (χ2v) is 5.91. The summed E-state index contributed by atoms with van der Waals surface area (Å²) in [4.78, 5) is 19.5. The third-order valence-corrected chi connectivity index (χ3v) is 4.06. The molecule has 2 aromatic carbocycles. The van der Waals surface area contributed by atoms with Crippen LogP contribution in [0, 0.1) is 11.6 Å². The highest BCUT2D eigenvalue weighted by atomic mass is 19.1. The summed E-state index contributed by atoms with van der Waals surface area (Å²) >= 11 is 0. The molecule has 0 spiro atoms. The third-order valence-electron chi connectivity index (χ3n) is 4.06. The average Bonchev–Trinajstić information content (AvgIpc) is 2.66. The smallest absolute Gasteiger partial charge is 0.354 e. The van der Waals surface area contributed by atoms with Gasteiger partial charge in [0.1, 0.15) is 17.3 Å². The molecule has 0 saturated carbocycles. The van der Waals surface area contributed by atoms with Crippen molar-refractivity contribution in [2.24, 2.45) is 9.98 Å². The van der Waals surface area contributed by atoms with Crippen molar-refractivity contribution in [1.82, 2.24) is 0 Å². The Morgan fingerprint density at radius 2 is 1.59 bits per heavy atom. The molecule has 6 heteroatoms. The Morgan fingerprint density at radius 3 is 2.11 bits per heavy atom. The number of nitrogens with zero attached hydrogens (tertiary/aromatic N) is 2. The molecule has 0 saturated heterocycles. The Hall–Kier alpha value is -3.41. The van der Waals surface area contributed by atoms with Crippen LogP contribution in [0.5, 0.6) is 0 Å². The lowest BCUT2D eigenvalue weighted by Crippen LogP contribution is -2.12. The van der Waals surface area contributed by atoms with Gasteiger partial charge in [0.05, 0.1) is 5.71 Å². The zero-order chi connectivity index (χ0) is 19.4. The number of dihydropyridines is 1. The second kappa shape index (κ2) is 7.86. The Labute approximate surface area is 154 Å². The van der Waals surface area contributed by atoms with E-state index < -0.39 is 5.97 Å². The maximum Gasteiger partial charge on any atom is 0.354 e. The minimum Gasteiger partial charge on any atom is -0.477 e. The summed E-state index contributed by atoms with van der Waals surface area (Å²) in [7, 11) is 1.39. The van der Waals surface area contributed by atoms with Gasteiger partial charge in [-0.1, -0.05) is 12.1 Å². The van der Waals surface area contributed by atoms with E-state index in [4.69, 9.17) is 0 Å². The van der Waals surface area contributed by atoms with Gasteiger partial charge in [0, 0.05) is 24.7 Å². The highest BCUT2D eigenvalue weighted by molar-refractivity contribution is 6.40. The van der Waals surface area contributed by atoms with Crippen molar-refractivity contribution < 1.29 is 18.7 Å². The van der Waals surface area contributed by atoms with Crippen LogP contribution in [0.15, 0.2) is 76.4 Å². The number of hydrogen-bond acceptors (Lipinski definition) is 3. The first kappa shape index (κ1) is 18.4. The summed E-state index contributed by atoms with van der Waals surface area (Å²) in [6.45, 7) is 0. The fourth-order valence-electron chi connectivity index (χ4n) is 2.72. The SMILES string of the molecule is CN=C(/C=C1\CC(c2ccc(F)cc2)=CC(c2ccc(F)cc2)=N1)C(=O)O. The molecule has 1 aliphatic rings. The van der Waals surface area contributed by atoms with Gasteiger partial charge in [-0.3, -0.25) is 9.98 Å². The van der Waals surface area contributed by atoms with E-state index in [1.807, 2.05) is 6.08 Å². The molecule has 1 N–H and O–H groups in total. The quantitative estimate of drug-likeness (QED) is 0.821. The highest BCUT2D eigenvalue weighted by Crippen LogP contribution is 2.29. The molecule has 136 valence electrons. The molecule has 0 unspecified atom stereocenters. The van der Waals surface area contributed by atoms with Gasteiger partial charge in [0.2, 0.25) is 0 Å². The molecule has 0 amide bonds. The maximum absolute atomic E-state index is 13.2. The molecule has 0 aliphatic carbocycles. The van der Waals surface area contributed by atoms with Crippen molar-refractivity contribution in [3.63, 3.8) is 0 Å². The predicted octanol–water partition coefficient (Wildman–Crippen LogP) is 4.28. The minimum atomic E-state index is -1.15. The van der Waals surface area contributed by atoms with Gasteiger partial charge < -0.3 is 5.11 Å². The summed E-state index contributed by atoms with van der Waals surface area (Å²) in [5.74, 6) is -1.86. The van der Waals surface area contributed by atoms with Crippen molar-refractivity contribution in [2.75, 3.05) is 7.05 Å². The molecular formula is C21H16F2N2O2. The van der Waals surface area contributed by atoms with E-state index in [0.29, 0.717) is 23.4 Å². The topological polar surface area (TPSA) is 62.0 Å². The number of carbonyl (C=O) groups is 1. The first-order valence-corrected chi connectivity index (χ1v) is 8.18. The average molecular weight is 366 g/mol. The van der Waals surface area contributed by atoms with Gasteiger partial charge in [-0.05, 0) is 59.7 Å². The third kappa shape index (κ3) is 4.41. The van der Waals surface area contributed by atoms with Gasteiger partial charge in [-0.2, -0.15) is 0 Å². The van der Waals surface area contributed by atoms with Crippen LogP contribution in [-0.2, 0) is 4.79 Å². The van der Waals surface area contributed by atoms with E-state index >= 15 is 0 Å². The lowest BCUT2D eigenvalue weighted by atomic mass is 9.94. The van der Waals surface area contributed by atoms with Gasteiger partial charge in [0.15, 0.2) is 0 Å². The summed E-state index contributed by atoms with van der Waals surface area (Å²) in [6, 6.07) is 11.9. The Bertz CT molecular complexity index is 986. The Morgan fingerprint density at radius 1 is 1.04 bits per heavy atom. The summed E-state index contributed by atoms with van der Waals surface area (Å²) in [6.07, 6.45) is 3.60. The summed E-state index contributed by atoms with van der Waals surface area (Å²) < 4.78 is 26.5. The summed E-state index contributed by atoms with van der Waals surface area (Å²) in [5, 5.41) is 9.21. The molecule has 4 nitrogen and oxygen atoms in total. The number of benzene rings is 2. The Balaban J connectivity index is 2.08. The molecule has 0 bridgehead atoms. The zero-order valence-corrected chi connectivity index (χ0v) is 14.5. The molecule has 0 aromatic heterocycles. The van der Waals surface area contributed by atoms with E-state index in [9.17, 15) is 18.7 Å². The largest absolute Gasteiger partial charge is 0.477 e. The lowest BCUT2D eigenvalue weighted by molar-refractivity contribution is -0.129. The molecule has 1 aliphatic heterocycles. The van der Waals surface area contributed by atoms with Crippen LogP contribution in [-0.4, -0.2) is 29.5 Å². The predicted molar refractivity (Wildman–Crippen MR) is 101 cm³/mol. The van der Waals surface area contributed by atoms with Crippen molar-refractivity contribution in [1.29, 1.82) is 0 Å². The number of carboxylic acids is 1. The molecule has 27 heavy (non-hydrogen) atoms. The van der Waals surface area contributed by atoms with Gasteiger partial charge in [-0.15, -0.1) is 0 Å². The first-order valence-electron chi connectivity index (χ1n) is 8.18. The van der Waals surface area contributed by atoms with Crippen LogP contribution in [0.1, 0.15) is 17.5 Å². The minimum absolute atomic E-state index is 0.118. The van der Waals surface area contributed by atoms with Crippen LogP contribution in [0.2, 0.25) is 0 Å². The Kier molecular flexibility index (Phi) is 5.35. The normalized spacial score (nSPS) is 16.1. The van der Waals surface area contributed by atoms with Crippen LogP contribution in [0.4, 0.5) is 8.78 Å². The summed E-state index contributed by atoms with van der Waals surface area (Å²) in [5.41, 5.74) is 3.27. The van der Waals surface area contributed by atoms with Crippen LogP contribution in [0.3, 0.4) is 0 Å². The number of hydrogen-bond donors (Lipinski definition) is 1. The number of halogens is 2. The van der Waals surface area contributed by atoms with Crippen LogP contribution >= 0.6 is 0 Å². The number of rotatable bonds is 4. The van der Waals surface area contributed by atoms with Gasteiger partial charge in [-0.25, -0.2) is 13.6 Å². The number of carboxylic acid groups (broad SMARTS) is 1. The zero-order valence-electron chi connectivity index (χ0n) is 14.5. The second-order valence-electron chi connectivity index (χ2n) is 5.91. The fourth-order valence-corrected chi connectivity index (χ4v) is 2.72. The molecule has 0 fully saturated rings.